The Bertz CT molecular complexity index is 1070. The van der Waals surface area contributed by atoms with E-state index in [1.54, 1.807) is 25.2 Å². The van der Waals surface area contributed by atoms with Crippen LogP contribution in [-0.4, -0.2) is 44.8 Å². The number of aromatic nitrogens is 3. The van der Waals surface area contributed by atoms with Crippen LogP contribution in [0.3, 0.4) is 0 Å². The van der Waals surface area contributed by atoms with E-state index in [-0.39, 0.29) is 30.7 Å². The number of halogens is 4. The molecule has 0 atom stereocenters. The van der Waals surface area contributed by atoms with E-state index < -0.39 is 18.0 Å². The van der Waals surface area contributed by atoms with Gasteiger partial charge in [-0.3, -0.25) is 9.48 Å². The molecule has 0 bridgehead atoms. The summed E-state index contributed by atoms with van der Waals surface area (Å²) in [5.41, 5.74) is 0.509. The maximum atomic E-state index is 13.1. The van der Waals surface area contributed by atoms with Crippen molar-refractivity contribution in [2.45, 2.75) is 12.3 Å². The maximum Gasteiger partial charge on any atom is 0.433 e. The highest BCUT2D eigenvalue weighted by Crippen LogP contribution is 2.29. The Morgan fingerprint density at radius 2 is 1.83 bits per heavy atom. The predicted octanol–water partition coefficient (Wildman–Crippen LogP) is 3.54. The summed E-state index contributed by atoms with van der Waals surface area (Å²) in [6.07, 6.45) is -5.00. The minimum atomic E-state index is -4.55. The van der Waals surface area contributed by atoms with E-state index in [0.29, 0.717) is 17.0 Å². The van der Waals surface area contributed by atoms with E-state index in [4.69, 9.17) is 4.74 Å². The van der Waals surface area contributed by atoms with Gasteiger partial charge in [0.05, 0.1) is 18.8 Å². The number of pyridine rings is 1. The number of carbonyl (C=O) groups excluding carboxylic acids is 1. The van der Waals surface area contributed by atoms with Gasteiger partial charge >= 0.3 is 6.18 Å². The van der Waals surface area contributed by atoms with Crippen molar-refractivity contribution in [3.63, 3.8) is 0 Å². The number of amides is 1. The van der Waals surface area contributed by atoms with Gasteiger partial charge in [-0.25, -0.2) is 9.37 Å². The molecule has 0 aliphatic carbocycles. The normalized spacial score (nSPS) is 14.5. The number of hydrogen-bond acceptors (Lipinski definition) is 4. The first-order valence-corrected chi connectivity index (χ1v) is 9.01. The smallest absolute Gasteiger partial charge is 0.433 e. The quantitative estimate of drug-likeness (QED) is 0.606. The molecule has 1 aliphatic heterocycles. The number of nitrogens with zero attached hydrogens (tertiary/aromatic N) is 4. The van der Waals surface area contributed by atoms with Gasteiger partial charge in [0.2, 0.25) is 5.88 Å². The van der Waals surface area contributed by atoms with E-state index in [2.05, 4.69) is 10.1 Å². The zero-order chi connectivity index (χ0) is 21.5. The molecular formula is C20H16F4N4O2. The van der Waals surface area contributed by atoms with E-state index in [1.165, 1.54) is 33.8 Å². The first kappa shape index (κ1) is 19.9. The summed E-state index contributed by atoms with van der Waals surface area (Å²) in [5, 5.41) is 4.29. The zero-order valence-corrected chi connectivity index (χ0v) is 15.7. The fourth-order valence-corrected chi connectivity index (χ4v) is 3.08. The van der Waals surface area contributed by atoms with Crippen molar-refractivity contribution >= 4 is 5.91 Å². The minimum Gasteiger partial charge on any atom is -0.471 e. The third kappa shape index (κ3) is 3.98. The summed E-state index contributed by atoms with van der Waals surface area (Å²) in [5.74, 6) is -0.788. The van der Waals surface area contributed by atoms with Crippen molar-refractivity contribution in [2.24, 2.45) is 7.05 Å². The van der Waals surface area contributed by atoms with Gasteiger partial charge in [-0.1, -0.05) is 6.07 Å². The number of aryl methyl sites for hydroxylation is 1. The van der Waals surface area contributed by atoms with Crippen LogP contribution in [0.5, 0.6) is 5.88 Å². The Kier molecular flexibility index (Phi) is 4.92. The number of alkyl halides is 3. The van der Waals surface area contributed by atoms with Crippen LogP contribution in [0.25, 0.3) is 11.3 Å². The van der Waals surface area contributed by atoms with E-state index in [0.717, 1.165) is 6.07 Å². The molecular weight excluding hydrogens is 404 g/mol. The van der Waals surface area contributed by atoms with E-state index in [9.17, 15) is 22.4 Å². The highest BCUT2D eigenvalue weighted by Gasteiger charge is 2.36. The molecule has 3 heterocycles. The molecule has 6 nitrogen and oxygen atoms in total. The summed E-state index contributed by atoms with van der Waals surface area (Å²) in [6, 6.07) is 10.8. The molecule has 1 fully saturated rings. The highest BCUT2D eigenvalue weighted by molar-refractivity contribution is 5.94. The van der Waals surface area contributed by atoms with Crippen LogP contribution in [0.15, 0.2) is 48.5 Å². The molecule has 30 heavy (non-hydrogen) atoms. The van der Waals surface area contributed by atoms with Gasteiger partial charge in [0.25, 0.3) is 5.91 Å². The van der Waals surface area contributed by atoms with Gasteiger partial charge < -0.3 is 9.64 Å². The van der Waals surface area contributed by atoms with Crippen molar-refractivity contribution in [1.29, 1.82) is 0 Å². The van der Waals surface area contributed by atoms with Crippen LogP contribution in [-0.2, 0) is 13.2 Å². The Morgan fingerprint density at radius 1 is 1.13 bits per heavy atom. The standard InChI is InChI=1S/C20H16F4N4O2/c1-27-16(9-15(26-27)12-5-7-13(21)8-6-12)19(29)28-10-14(11-28)30-18-4-2-3-17(25-18)20(22,23)24/h2-9,14H,10-11H2,1H3. The Labute approximate surface area is 168 Å². The second-order valence-corrected chi connectivity index (χ2v) is 6.85. The van der Waals surface area contributed by atoms with Crippen LogP contribution < -0.4 is 4.74 Å². The Balaban J connectivity index is 1.40. The first-order valence-electron chi connectivity index (χ1n) is 9.01. The monoisotopic (exact) mass is 420 g/mol. The SMILES string of the molecule is Cn1nc(-c2ccc(F)cc2)cc1C(=O)N1CC(Oc2cccc(C(F)(F)F)n2)C1. The van der Waals surface area contributed by atoms with Crippen LogP contribution in [0, 0.1) is 5.82 Å². The first-order chi connectivity index (χ1) is 14.2. The van der Waals surface area contributed by atoms with Gasteiger partial charge in [-0.15, -0.1) is 0 Å². The van der Waals surface area contributed by atoms with Crippen molar-refractivity contribution in [3.8, 4) is 17.1 Å². The average molecular weight is 420 g/mol. The molecule has 0 spiro atoms. The summed E-state index contributed by atoms with van der Waals surface area (Å²) >= 11 is 0. The molecule has 0 radical (unpaired) electrons. The van der Waals surface area contributed by atoms with Crippen LogP contribution in [0.1, 0.15) is 16.2 Å². The molecule has 2 aromatic heterocycles. The Morgan fingerprint density at radius 3 is 2.50 bits per heavy atom. The lowest BCUT2D eigenvalue weighted by molar-refractivity contribution is -0.141. The maximum absolute atomic E-state index is 13.1. The second kappa shape index (κ2) is 7.43. The Hall–Kier alpha value is -3.43. The second-order valence-electron chi connectivity index (χ2n) is 6.85. The molecule has 156 valence electrons. The molecule has 10 heteroatoms. The van der Waals surface area contributed by atoms with Gasteiger partial charge in [0.1, 0.15) is 23.3 Å². The average Bonchev–Trinajstić information content (AvgIpc) is 3.06. The number of hydrogen-bond donors (Lipinski definition) is 0. The fraction of sp³-hybridized carbons (Fsp3) is 0.250. The van der Waals surface area contributed by atoms with Crippen LogP contribution in [0.4, 0.5) is 17.6 Å². The van der Waals surface area contributed by atoms with Crippen molar-refractivity contribution in [1.82, 2.24) is 19.7 Å². The number of benzene rings is 1. The molecule has 1 aliphatic rings. The molecule has 1 amide bonds. The van der Waals surface area contributed by atoms with Gasteiger partial charge in [0, 0.05) is 18.7 Å². The number of rotatable bonds is 4. The number of ether oxygens (including phenoxy) is 1. The fourth-order valence-electron chi connectivity index (χ4n) is 3.08. The predicted molar refractivity (Wildman–Crippen MR) is 98.2 cm³/mol. The summed E-state index contributed by atoms with van der Waals surface area (Å²) in [4.78, 5) is 17.7. The van der Waals surface area contributed by atoms with E-state index >= 15 is 0 Å². The van der Waals surface area contributed by atoms with Crippen molar-refractivity contribution in [2.75, 3.05) is 13.1 Å². The molecule has 0 saturated carbocycles. The van der Waals surface area contributed by atoms with Crippen LogP contribution >= 0.6 is 0 Å². The van der Waals surface area contributed by atoms with Gasteiger partial charge in [-0.05, 0) is 36.4 Å². The minimum absolute atomic E-state index is 0.138. The molecule has 4 rings (SSSR count). The van der Waals surface area contributed by atoms with Gasteiger partial charge in [-0.2, -0.15) is 18.3 Å². The molecule has 1 aromatic carbocycles. The molecule has 1 saturated heterocycles. The summed E-state index contributed by atoms with van der Waals surface area (Å²) in [7, 11) is 1.63. The van der Waals surface area contributed by atoms with Crippen LogP contribution in [0.2, 0.25) is 0 Å². The molecule has 0 unspecified atom stereocenters. The topological polar surface area (TPSA) is 60.2 Å². The zero-order valence-electron chi connectivity index (χ0n) is 15.7. The molecule has 0 N–H and O–H groups in total. The van der Waals surface area contributed by atoms with E-state index in [1.807, 2.05) is 0 Å². The lowest BCUT2D eigenvalue weighted by Gasteiger charge is -2.38. The number of likely N-dealkylation sites (tertiary alicyclic amines) is 1. The lowest BCUT2D eigenvalue weighted by Crippen LogP contribution is -2.56. The molecule has 3 aromatic rings. The lowest BCUT2D eigenvalue weighted by atomic mass is 10.1. The third-order valence-corrected chi connectivity index (χ3v) is 4.68. The highest BCUT2D eigenvalue weighted by atomic mass is 19.4. The third-order valence-electron chi connectivity index (χ3n) is 4.68. The van der Waals surface area contributed by atoms with Crippen molar-refractivity contribution < 1.29 is 27.1 Å². The largest absolute Gasteiger partial charge is 0.471 e. The number of carbonyl (C=O) groups is 1. The van der Waals surface area contributed by atoms with Gasteiger partial charge in [0.15, 0.2) is 0 Å². The van der Waals surface area contributed by atoms with Crippen molar-refractivity contribution in [3.05, 3.63) is 65.7 Å². The summed E-state index contributed by atoms with van der Waals surface area (Å²) in [6.45, 7) is 0.432. The summed E-state index contributed by atoms with van der Waals surface area (Å²) < 4.78 is 58.2.